The highest BCUT2D eigenvalue weighted by atomic mass is 79.9. The van der Waals surface area contributed by atoms with E-state index >= 15 is 0 Å². The fourth-order valence-electron chi connectivity index (χ4n) is 3.51. The van der Waals surface area contributed by atoms with Gasteiger partial charge in [-0.2, -0.15) is 0 Å². The summed E-state index contributed by atoms with van der Waals surface area (Å²) in [6.07, 6.45) is 7.92. The van der Waals surface area contributed by atoms with E-state index < -0.39 is 0 Å². The van der Waals surface area contributed by atoms with Crippen molar-refractivity contribution in [3.05, 3.63) is 33.8 Å². The van der Waals surface area contributed by atoms with Crippen LogP contribution in [0.15, 0.2) is 22.7 Å². The van der Waals surface area contributed by atoms with Gasteiger partial charge < -0.3 is 10.2 Å². The summed E-state index contributed by atoms with van der Waals surface area (Å²) in [6.45, 7) is 4.99. The Balaban J connectivity index is 1.44. The minimum atomic E-state index is 0.675. The van der Waals surface area contributed by atoms with Crippen LogP contribution in [0.1, 0.15) is 36.8 Å². The molecule has 1 aromatic rings. The number of fused-ring (bicyclic) bond motifs is 1. The second kappa shape index (κ2) is 7.06. The fraction of sp³-hybridized carbons (Fsp3) is 0.647. The van der Waals surface area contributed by atoms with E-state index in [1.165, 1.54) is 73.8 Å². The Morgan fingerprint density at radius 1 is 1.15 bits per heavy atom. The van der Waals surface area contributed by atoms with Gasteiger partial charge in [-0.15, -0.1) is 0 Å². The van der Waals surface area contributed by atoms with Gasteiger partial charge in [-0.25, -0.2) is 0 Å². The van der Waals surface area contributed by atoms with Crippen LogP contribution in [0.5, 0.6) is 0 Å². The number of rotatable bonds is 4. The van der Waals surface area contributed by atoms with Crippen LogP contribution >= 0.6 is 15.9 Å². The topological polar surface area (TPSA) is 15.3 Å². The van der Waals surface area contributed by atoms with Gasteiger partial charge in [0, 0.05) is 23.6 Å². The van der Waals surface area contributed by atoms with Gasteiger partial charge in [0.1, 0.15) is 0 Å². The van der Waals surface area contributed by atoms with Crippen LogP contribution in [-0.4, -0.2) is 37.1 Å². The van der Waals surface area contributed by atoms with Crippen LogP contribution in [0.2, 0.25) is 0 Å². The molecule has 1 unspecified atom stereocenters. The molecule has 1 N–H and O–H groups in total. The highest BCUT2D eigenvalue weighted by molar-refractivity contribution is 9.10. The number of halogens is 1. The van der Waals surface area contributed by atoms with E-state index in [4.69, 9.17) is 0 Å². The van der Waals surface area contributed by atoms with Crippen molar-refractivity contribution >= 4 is 15.9 Å². The first-order valence-electron chi connectivity index (χ1n) is 8.04. The van der Waals surface area contributed by atoms with Crippen LogP contribution in [0, 0.1) is 0 Å². The van der Waals surface area contributed by atoms with Crippen molar-refractivity contribution in [1.82, 2.24) is 10.2 Å². The van der Waals surface area contributed by atoms with Crippen molar-refractivity contribution in [3.63, 3.8) is 0 Å². The molecule has 1 aromatic carbocycles. The fourth-order valence-corrected chi connectivity index (χ4v) is 3.92. The van der Waals surface area contributed by atoms with Crippen LogP contribution < -0.4 is 5.32 Å². The lowest BCUT2D eigenvalue weighted by Gasteiger charge is -2.29. The van der Waals surface area contributed by atoms with E-state index in [9.17, 15) is 0 Å². The monoisotopic (exact) mass is 336 g/mol. The lowest BCUT2D eigenvalue weighted by atomic mass is 9.88. The van der Waals surface area contributed by atoms with Crippen molar-refractivity contribution in [2.75, 3.05) is 26.2 Å². The van der Waals surface area contributed by atoms with Crippen molar-refractivity contribution < 1.29 is 0 Å². The zero-order valence-corrected chi connectivity index (χ0v) is 13.8. The molecule has 0 spiro atoms. The third-order valence-corrected chi connectivity index (χ3v) is 5.20. The maximum absolute atomic E-state index is 3.77. The van der Waals surface area contributed by atoms with Crippen molar-refractivity contribution in [2.24, 2.45) is 0 Å². The summed E-state index contributed by atoms with van der Waals surface area (Å²) in [5, 5.41) is 3.77. The van der Waals surface area contributed by atoms with E-state index in [1.807, 2.05) is 0 Å². The molecule has 0 aromatic heterocycles. The normalized spacial score (nSPS) is 23.6. The van der Waals surface area contributed by atoms with Crippen LogP contribution in [0.25, 0.3) is 0 Å². The molecule has 1 saturated heterocycles. The average Bonchev–Trinajstić information content (AvgIpc) is 2.48. The van der Waals surface area contributed by atoms with E-state index in [1.54, 1.807) is 0 Å². The molecule has 1 heterocycles. The number of benzene rings is 1. The molecule has 3 heteroatoms. The molecule has 0 radical (unpaired) electrons. The highest BCUT2D eigenvalue weighted by Gasteiger charge is 2.18. The third-order valence-electron chi connectivity index (χ3n) is 4.71. The Hall–Kier alpha value is -0.380. The molecule has 3 rings (SSSR count). The van der Waals surface area contributed by atoms with Crippen molar-refractivity contribution in [1.29, 1.82) is 0 Å². The second-order valence-electron chi connectivity index (χ2n) is 6.21. The maximum Gasteiger partial charge on any atom is 0.0178 e. The molecular formula is C17H25BrN2. The number of hydrogen-bond acceptors (Lipinski definition) is 2. The molecule has 0 amide bonds. The zero-order valence-electron chi connectivity index (χ0n) is 12.2. The molecule has 0 saturated carbocycles. The Bertz CT molecular complexity index is 441. The van der Waals surface area contributed by atoms with Crippen LogP contribution in [0.4, 0.5) is 0 Å². The molecule has 0 bridgehead atoms. The third kappa shape index (κ3) is 3.84. The van der Waals surface area contributed by atoms with Gasteiger partial charge in [0.25, 0.3) is 0 Å². The SMILES string of the molecule is Brc1ccc2c(c1)CCC(NCCN1CCCCC1)C2. The number of hydrogen-bond donors (Lipinski definition) is 1. The number of nitrogens with one attached hydrogen (secondary N) is 1. The summed E-state index contributed by atoms with van der Waals surface area (Å²) in [4.78, 5) is 2.62. The van der Waals surface area contributed by atoms with Crippen molar-refractivity contribution in [2.45, 2.75) is 44.6 Å². The summed E-state index contributed by atoms with van der Waals surface area (Å²) < 4.78 is 1.22. The van der Waals surface area contributed by atoms with E-state index in [2.05, 4.69) is 44.3 Å². The number of aryl methyl sites for hydroxylation is 1. The largest absolute Gasteiger partial charge is 0.312 e. The Kier molecular flexibility index (Phi) is 5.14. The van der Waals surface area contributed by atoms with Gasteiger partial charge >= 0.3 is 0 Å². The molecule has 1 aliphatic carbocycles. The Morgan fingerprint density at radius 3 is 2.85 bits per heavy atom. The van der Waals surface area contributed by atoms with Gasteiger partial charge in [0.2, 0.25) is 0 Å². The molecule has 1 atom stereocenters. The first kappa shape index (κ1) is 14.6. The van der Waals surface area contributed by atoms with Crippen LogP contribution in [-0.2, 0) is 12.8 Å². The standard InChI is InChI=1S/C17H25BrN2/c18-16-6-4-15-13-17(7-5-14(15)12-16)19-8-11-20-9-2-1-3-10-20/h4,6,12,17,19H,1-3,5,7-11,13H2. The molecule has 1 aliphatic heterocycles. The summed E-state index contributed by atoms with van der Waals surface area (Å²) in [7, 11) is 0. The van der Waals surface area contributed by atoms with E-state index in [-0.39, 0.29) is 0 Å². The minimum absolute atomic E-state index is 0.675. The molecule has 2 nitrogen and oxygen atoms in total. The average molecular weight is 337 g/mol. The first-order chi connectivity index (χ1) is 9.81. The first-order valence-corrected chi connectivity index (χ1v) is 8.83. The smallest absolute Gasteiger partial charge is 0.0178 e. The number of nitrogens with zero attached hydrogens (tertiary/aromatic N) is 1. The van der Waals surface area contributed by atoms with Gasteiger partial charge in [-0.1, -0.05) is 28.4 Å². The summed E-state index contributed by atoms with van der Waals surface area (Å²) in [5.74, 6) is 0. The molecular weight excluding hydrogens is 312 g/mol. The van der Waals surface area contributed by atoms with Crippen LogP contribution in [0.3, 0.4) is 0 Å². The predicted octanol–water partition coefficient (Wildman–Crippen LogP) is 3.38. The lowest BCUT2D eigenvalue weighted by Crippen LogP contribution is -2.41. The lowest BCUT2D eigenvalue weighted by molar-refractivity contribution is 0.225. The van der Waals surface area contributed by atoms with Crippen molar-refractivity contribution in [3.8, 4) is 0 Å². The summed E-state index contributed by atoms with van der Waals surface area (Å²) in [6, 6.07) is 7.43. The van der Waals surface area contributed by atoms with Gasteiger partial charge in [-0.3, -0.25) is 0 Å². The molecule has 110 valence electrons. The highest BCUT2D eigenvalue weighted by Crippen LogP contribution is 2.24. The minimum Gasteiger partial charge on any atom is -0.312 e. The summed E-state index contributed by atoms with van der Waals surface area (Å²) >= 11 is 3.57. The van der Waals surface area contributed by atoms with Gasteiger partial charge in [-0.05, 0) is 68.5 Å². The van der Waals surface area contributed by atoms with Gasteiger partial charge in [0.05, 0.1) is 0 Å². The van der Waals surface area contributed by atoms with Gasteiger partial charge in [0.15, 0.2) is 0 Å². The second-order valence-corrected chi connectivity index (χ2v) is 7.12. The molecule has 2 aliphatic rings. The Morgan fingerprint density at radius 2 is 2.00 bits per heavy atom. The molecule has 1 fully saturated rings. The quantitative estimate of drug-likeness (QED) is 0.906. The zero-order chi connectivity index (χ0) is 13.8. The Labute approximate surface area is 131 Å². The number of likely N-dealkylation sites (tertiary alicyclic amines) is 1. The number of piperidine rings is 1. The molecule has 20 heavy (non-hydrogen) atoms. The predicted molar refractivity (Wildman–Crippen MR) is 88.2 cm³/mol. The maximum atomic E-state index is 3.77. The summed E-state index contributed by atoms with van der Waals surface area (Å²) in [5.41, 5.74) is 3.07. The van der Waals surface area contributed by atoms with E-state index in [0.717, 1.165) is 6.54 Å². The van der Waals surface area contributed by atoms with E-state index in [0.29, 0.717) is 6.04 Å².